The maximum atomic E-state index is 12.7. The average molecular weight is 370 g/mol. The molecule has 1 saturated heterocycles. The first kappa shape index (κ1) is 18.7. The average Bonchev–Trinajstić information content (AvgIpc) is 3.22. The van der Waals surface area contributed by atoms with E-state index >= 15 is 0 Å². The Morgan fingerprint density at radius 3 is 2.78 bits per heavy atom. The van der Waals surface area contributed by atoms with Crippen LogP contribution in [0.4, 0.5) is 0 Å². The molecule has 1 aliphatic rings. The number of likely N-dealkylation sites (tertiary alicyclic amines) is 1. The van der Waals surface area contributed by atoms with Gasteiger partial charge in [-0.3, -0.25) is 14.4 Å². The maximum Gasteiger partial charge on any atom is 0.308 e. The Morgan fingerprint density at radius 1 is 1.26 bits per heavy atom. The molecule has 2 heterocycles. The molecule has 1 aromatic carbocycles. The smallest absolute Gasteiger partial charge is 0.308 e. The highest BCUT2D eigenvalue weighted by molar-refractivity contribution is 5.97. The van der Waals surface area contributed by atoms with Gasteiger partial charge in [0.05, 0.1) is 25.0 Å². The molecule has 0 bridgehead atoms. The SMILES string of the molecule is CN(CC(=O)N1CCCC(C(=O)O)C1)C(=O)c1cccc(-c2ccoc2)c1. The van der Waals surface area contributed by atoms with Crippen LogP contribution in [0.3, 0.4) is 0 Å². The van der Waals surface area contributed by atoms with E-state index in [0.29, 0.717) is 24.9 Å². The first-order valence-electron chi connectivity index (χ1n) is 8.84. The summed E-state index contributed by atoms with van der Waals surface area (Å²) in [6.45, 7) is 0.647. The fourth-order valence-electron chi connectivity index (χ4n) is 3.26. The van der Waals surface area contributed by atoms with E-state index in [9.17, 15) is 14.4 Å². The molecule has 3 rings (SSSR count). The second-order valence-corrected chi connectivity index (χ2v) is 6.77. The Hall–Kier alpha value is -3.09. The number of hydrogen-bond donors (Lipinski definition) is 1. The quantitative estimate of drug-likeness (QED) is 0.872. The van der Waals surface area contributed by atoms with Gasteiger partial charge >= 0.3 is 5.97 Å². The van der Waals surface area contributed by atoms with E-state index < -0.39 is 11.9 Å². The van der Waals surface area contributed by atoms with Gasteiger partial charge in [-0.25, -0.2) is 0 Å². The highest BCUT2D eigenvalue weighted by atomic mass is 16.4. The molecular formula is C20H22N2O5. The molecule has 7 heteroatoms. The zero-order valence-electron chi connectivity index (χ0n) is 15.1. The van der Waals surface area contributed by atoms with Crippen molar-refractivity contribution in [2.24, 2.45) is 5.92 Å². The Bertz CT molecular complexity index is 831. The molecule has 0 saturated carbocycles. The number of aliphatic carboxylic acids is 1. The number of nitrogens with zero attached hydrogens (tertiary/aromatic N) is 2. The van der Waals surface area contributed by atoms with E-state index in [4.69, 9.17) is 9.52 Å². The van der Waals surface area contributed by atoms with Crippen LogP contribution >= 0.6 is 0 Å². The van der Waals surface area contributed by atoms with Gasteiger partial charge in [-0.2, -0.15) is 0 Å². The predicted molar refractivity (Wildman–Crippen MR) is 98.0 cm³/mol. The summed E-state index contributed by atoms with van der Waals surface area (Å²) < 4.78 is 5.07. The van der Waals surface area contributed by atoms with Crippen LogP contribution in [-0.2, 0) is 9.59 Å². The summed E-state index contributed by atoms with van der Waals surface area (Å²) in [6.07, 6.45) is 4.41. The van der Waals surface area contributed by atoms with Crippen LogP contribution in [-0.4, -0.2) is 59.4 Å². The van der Waals surface area contributed by atoms with Crippen molar-refractivity contribution in [3.63, 3.8) is 0 Å². The molecule has 0 radical (unpaired) electrons. The third-order valence-electron chi connectivity index (χ3n) is 4.81. The van der Waals surface area contributed by atoms with E-state index in [1.54, 1.807) is 37.8 Å². The van der Waals surface area contributed by atoms with Crippen LogP contribution < -0.4 is 0 Å². The van der Waals surface area contributed by atoms with Crippen molar-refractivity contribution in [2.75, 3.05) is 26.7 Å². The Kier molecular flexibility index (Phi) is 5.59. The van der Waals surface area contributed by atoms with Gasteiger partial charge in [0.2, 0.25) is 5.91 Å². The number of piperidine rings is 1. The van der Waals surface area contributed by atoms with Crippen LogP contribution in [0.5, 0.6) is 0 Å². The van der Waals surface area contributed by atoms with Crippen LogP contribution in [0, 0.1) is 5.92 Å². The lowest BCUT2D eigenvalue weighted by atomic mass is 9.98. The molecule has 1 aliphatic heterocycles. The fraction of sp³-hybridized carbons (Fsp3) is 0.350. The Balaban J connectivity index is 1.64. The molecule has 142 valence electrons. The molecule has 2 amide bonds. The third-order valence-corrected chi connectivity index (χ3v) is 4.81. The van der Waals surface area contributed by atoms with Crippen LogP contribution in [0.2, 0.25) is 0 Å². The summed E-state index contributed by atoms with van der Waals surface area (Å²) in [5, 5.41) is 9.15. The van der Waals surface area contributed by atoms with Gasteiger partial charge in [-0.1, -0.05) is 12.1 Å². The van der Waals surface area contributed by atoms with E-state index in [-0.39, 0.29) is 24.9 Å². The molecule has 0 aliphatic carbocycles. The van der Waals surface area contributed by atoms with Crippen molar-refractivity contribution >= 4 is 17.8 Å². The highest BCUT2D eigenvalue weighted by Gasteiger charge is 2.29. The van der Waals surface area contributed by atoms with Crippen LogP contribution in [0.25, 0.3) is 11.1 Å². The van der Waals surface area contributed by atoms with Crippen molar-refractivity contribution in [1.82, 2.24) is 9.80 Å². The predicted octanol–water partition coefficient (Wildman–Crippen LogP) is 2.34. The maximum absolute atomic E-state index is 12.7. The summed E-state index contributed by atoms with van der Waals surface area (Å²) in [5.74, 6) is -1.91. The minimum Gasteiger partial charge on any atom is -0.481 e. The van der Waals surface area contributed by atoms with Crippen LogP contribution in [0.15, 0.2) is 47.3 Å². The second-order valence-electron chi connectivity index (χ2n) is 6.77. The van der Waals surface area contributed by atoms with Crippen molar-refractivity contribution < 1.29 is 23.9 Å². The summed E-state index contributed by atoms with van der Waals surface area (Å²) in [4.78, 5) is 39.2. The molecule has 0 spiro atoms. The lowest BCUT2D eigenvalue weighted by molar-refractivity contribution is -0.145. The van der Waals surface area contributed by atoms with Gasteiger partial charge in [0.1, 0.15) is 0 Å². The summed E-state index contributed by atoms with van der Waals surface area (Å²) in [5.41, 5.74) is 2.21. The number of hydrogen-bond acceptors (Lipinski definition) is 4. The first-order chi connectivity index (χ1) is 13.0. The van der Waals surface area contributed by atoms with Crippen molar-refractivity contribution in [1.29, 1.82) is 0 Å². The molecule has 1 aromatic heterocycles. The Morgan fingerprint density at radius 2 is 2.07 bits per heavy atom. The lowest BCUT2D eigenvalue weighted by Gasteiger charge is -2.32. The number of likely N-dealkylation sites (N-methyl/N-ethyl adjacent to an activating group) is 1. The molecule has 2 aromatic rings. The topological polar surface area (TPSA) is 91.1 Å². The normalized spacial score (nSPS) is 16.8. The minimum absolute atomic E-state index is 0.0822. The minimum atomic E-state index is -0.881. The lowest BCUT2D eigenvalue weighted by Crippen LogP contribution is -2.46. The largest absolute Gasteiger partial charge is 0.481 e. The van der Waals surface area contributed by atoms with Gasteiger partial charge in [0, 0.05) is 31.3 Å². The highest BCUT2D eigenvalue weighted by Crippen LogP contribution is 2.21. The zero-order chi connectivity index (χ0) is 19.4. The van der Waals surface area contributed by atoms with Crippen molar-refractivity contribution in [3.05, 3.63) is 48.4 Å². The monoisotopic (exact) mass is 370 g/mol. The van der Waals surface area contributed by atoms with E-state index in [0.717, 1.165) is 11.1 Å². The summed E-state index contributed by atoms with van der Waals surface area (Å²) >= 11 is 0. The molecule has 27 heavy (non-hydrogen) atoms. The van der Waals surface area contributed by atoms with Crippen molar-refractivity contribution in [2.45, 2.75) is 12.8 Å². The molecule has 7 nitrogen and oxygen atoms in total. The van der Waals surface area contributed by atoms with E-state index in [1.165, 1.54) is 9.80 Å². The van der Waals surface area contributed by atoms with E-state index in [1.807, 2.05) is 12.1 Å². The number of carboxylic acids is 1. The number of carboxylic acid groups (broad SMARTS) is 1. The van der Waals surface area contributed by atoms with Gasteiger partial charge in [-0.15, -0.1) is 0 Å². The molecule has 1 fully saturated rings. The van der Waals surface area contributed by atoms with Crippen LogP contribution in [0.1, 0.15) is 23.2 Å². The number of benzene rings is 1. The fourth-order valence-corrected chi connectivity index (χ4v) is 3.26. The number of carbonyl (C=O) groups excluding carboxylic acids is 2. The third kappa shape index (κ3) is 4.36. The van der Waals surface area contributed by atoms with Gasteiger partial charge < -0.3 is 19.3 Å². The molecule has 1 N–H and O–H groups in total. The standard InChI is InChI=1S/C20H22N2O5/c1-21(12-18(23)22-8-3-6-16(11-22)20(25)26)19(24)15-5-2-4-14(10-15)17-7-9-27-13-17/h2,4-5,7,9-10,13,16H,3,6,8,11-12H2,1H3,(H,25,26). The molecule has 1 unspecified atom stereocenters. The number of furan rings is 1. The summed E-state index contributed by atoms with van der Waals surface area (Å²) in [7, 11) is 1.57. The van der Waals surface area contributed by atoms with Crippen molar-refractivity contribution in [3.8, 4) is 11.1 Å². The molecular weight excluding hydrogens is 348 g/mol. The summed E-state index contributed by atoms with van der Waals surface area (Å²) in [6, 6.07) is 8.94. The van der Waals surface area contributed by atoms with E-state index in [2.05, 4.69) is 0 Å². The zero-order valence-corrected chi connectivity index (χ0v) is 15.1. The Labute approximate surface area is 157 Å². The number of amides is 2. The van der Waals surface area contributed by atoms with Gasteiger partial charge in [0.15, 0.2) is 0 Å². The first-order valence-corrected chi connectivity index (χ1v) is 8.84. The van der Waals surface area contributed by atoms with Gasteiger partial charge in [0.25, 0.3) is 5.91 Å². The van der Waals surface area contributed by atoms with Gasteiger partial charge in [-0.05, 0) is 36.6 Å². The number of rotatable bonds is 5. The second kappa shape index (κ2) is 8.07. The molecule has 1 atom stereocenters. The number of carbonyl (C=O) groups is 3.